The van der Waals surface area contributed by atoms with Crippen LogP contribution in [0, 0.1) is 3.57 Å². The Morgan fingerprint density at radius 1 is 1.22 bits per heavy atom. The molecule has 3 rings (SSSR count). The topological polar surface area (TPSA) is 49.8 Å². The Kier molecular flexibility index (Phi) is 3.42. The first-order chi connectivity index (χ1) is 8.83. The molecule has 0 aliphatic carbocycles. The highest BCUT2D eigenvalue weighted by Gasteiger charge is 2.12. The van der Waals surface area contributed by atoms with Crippen LogP contribution in [0.15, 0.2) is 30.6 Å². The molecule has 0 saturated heterocycles. The van der Waals surface area contributed by atoms with Crippen LogP contribution in [0.25, 0.3) is 0 Å². The van der Waals surface area contributed by atoms with Crippen LogP contribution in [0.3, 0.4) is 0 Å². The zero-order chi connectivity index (χ0) is 12.4. The summed E-state index contributed by atoms with van der Waals surface area (Å²) in [5.41, 5.74) is 3.85. The fourth-order valence-electron chi connectivity index (χ4n) is 2.15. The van der Waals surface area contributed by atoms with E-state index in [2.05, 4.69) is 61.4 Å². The summed E-state index contributed by atoms with van der Waals surface area (Å²) in [4.78, 5) is 8.55. The van der Waals surface area contributed by atoms with Gasteiger partial charge in [0.05, 0.1) is 0 Å². The average Bonchev–Trinajstić information content (AvgIpc) is 2.42. The zero-order valence-corrected chi connectivity index (χ0v) is 11.9. The first-order valence-electron chi connectivity index (χ1n) is 5.89. The Balaban J connectivity index is 1.90. The van der Waals surface area contributed by atoms with Crippen molar-refractivity contribution < 1.29 is 0 Å². The van der Waals surface area contributed by atoms with Gasteiger partial charge in [0.15, 0.2) is 0 Å². The van der Waals surface area contributed by atoms with Gasteiger partial charge < -0.3 is 10.6 Å². The van der Waals surface area contributed by atoms with Crippen LogP contribution in [0.1, 0.15) is 11.1 Å². The van der Waals surface area contributed by atoms with Crippen molar-refractivity contribution in [3.63, 3.8) is 0 Å². The molecule has 0 saturated carbocycles. The third-order valence-electron chi connectivity index (χ3n) is 3.01. The van der Waals surface area contributed by atoms with E-state index in [9.17, 15) is 0 Å². The van der Waals surface area contributed by atoms with E-state index >= 15 is 0 Å². The number of rotatable bonds is 2. The van der Waals surface area contributed by atoms with E-state index in [1.165, 1.54) is 11.1 Å². The van der Waals surface area contributed by atoms with E-state index in [0.717, 1.165) is 28.8 Å². The van der Waals surface area contributed by atoms with Crippen LogP contribution in [0.4, 0.5) is 11.6 Å². The van der Waals surface area contributed by atoms with Crippen molar-refractivity contribution in [1.29, 1.82) is 0 Å². The fourth-order valence-corrected chi connectivity index (χ4v) is 2.42. The normalized spacial score (nSPS) is 14.1. The summed E-state index contributed by atoms with van der Waals surface area (Å²) >= 11 is 2.20. The van der Waals surface area contributed by atoms with Crippen LogP contribution in [0.5, 0.6) is 0 Å². The van der Waals surface area contributed by atoms with E-state index in [-0.39, 0.29) is 0 Å². The Labute approximate surface area is 119 Å². The van der Waals surface area contributed by atoms with Gasteiger partial charge in [0.1, 0.15) is 0 Å². The number of hydrogen-bond acceptors (Lipinski definition) is 4. The van der Waals surface area contributed by atoms with Gasteiger partial charge in [0.25, 0.3) is 0 Å². The third kappa shape index (κ3) is 2.46. The van der Waals surface area contributed by atoms with E-state index in [1.54, 1.807) is 0 Å². The SMILES string of the molecule is Ic1cnc(Nc2cccc3c2CCNC3)nc1. The second-order valence-electron chi connectivity index (χ2n) is 4.22. The number of halogens is 1. The molecule has 18 heavy (non-hydrogen) atoms. The molecule has 0 amide bonds. The second-order valence-corrected chi connectivity index (χ2v) is 5.47. The highest BCUT2D eigenvalue weighted by molar-refractivity contribution is 14.1. The molecule has 5 heteroatoms. The molecule has 0 bridgehead atoms. The summed E-state index contributed by atoms with van der Waals surface area (Å²) in [6.45, 7) is 1.97. The van der Waals surface area contributed by atoms with Crippen LogP contribution < -0.4 is 10.6 Å². The van der Waals surface area contributed by atoms with E-state index in [0.29, 0.717) is 5.95 Å². The van der Waals surface area contributed by atoms with Gasteiger partial charge >= 0.3 is 0 Å². The number of nitrogens with one attached hydrogen (secondary N) is 2. The maximum Gasteiger partial charge on any atom is 0.227 e. The summed E-state index contributed by atoms with van der Waals surface area (Å²) in [6, 6.07) is 6.33. The molecule has 1 aromatic heterocycles. The molecule has 0 fully saturated rings. The lowest BCUT2D eigenvalue weighted by Crippen LogP contribution is -2.24. The minimum absolute atomic E-state index is 0.655. The van der Waals surface area contributed by atoms with Gasteiger partial charge in [-0.1, -0.05) is 12.1 Å². The lowest BCUT2D eigenvalue weighted by Gasteiger charge is -2.20. The highest BCUT2D eigenvalue weighted by atomic mass is 127. The maximum atomic E-state index is 4.28. The first-order valence-corrected chi connectivity index (χ1v) is 6.97. The lowest BCUT2D eigenvalue weighted by molar-refractivity contribution is 0.645. The van der Waals surface area contributed by atoms with Crippen LogP contribution in [0.2, 0.25) is 0 Å². The van der Waals surface area contributed by atoms with E-state index < -0.39 is 0 Å². The molecule has 0 unspecified atom stereocenters. The standard InChI is InChI=1S/C13H13IN4/c14-10-7-16-13(17-8-10)18-12-3-1-2-9-6-15-5-4-11(9)12/h1-3,7-8,15H,4-6H2,(H,16,17,18). The van der Waals surface area contributed by atoms with Gasteiger partial charge in [0.2, 0.25) is 5.95 Å². The fraction of sp³-hybridized carbons (Fsp3) is 0.231. The number of aromatic nitrogens is 2. The molecule has 1 aliphatic rings. The van der Waals surface area contributed by atoms with Gasteiger partial charge in [-0.25, -0.2) is 9.97 Å². The van der Waals surface area contributed by atoms with Crippen LogP contribution >= 0.6 is 22.6 Å². The lowest BCUT2D eigenvalue weighted by atomic mass is 9.99. The van der Waals surface area contributed by atoms with Crippen molar-refractivity contribution in [2.75, 3.05) is 11.9 Å². The number of fused-ring (bicyclic) bond motifs is 1. The molecule has 0 spiro atoms. The molecule has 92 valence electrons. The minimum Gasteiger partial charge on any atom is -0.324 e. The minimum atomic E-state index is 0.655. The molecular weight excluding hydrogens is 339 g/mol. The summed E-state index contributed by atoms with van der Waals surface area (Å²) in [5, 5.41) is 6.69. The first kappa shape index (κ1) is 11.9. The molecule has 0 atom stereocenters. The average molecular weight is 352 g/mol. The highest BCUT2D eigenvalue weighted by Crippen LogP contribution is 2.24. The Morgan fingerprint density at radius 2 is 2.06 bits per heavy atom. The van der Waals surface area contributed by atoms with Crippen molar-refractivity contribution in [3.05, 3.63) is 45.3 Å². The summed E-state index contributed by atoms with van der Waals surface area (Å²) < 4.78 is 1.04. The second kappa shape index (κ2) is 5.19. The van der Waals surface area contributed by atoms with Gasteiger partial charge in [0, 0.05) is 28.2 Å². The predicted octanol–water partition coefficient (Wildman–Crippen LogP) is 2.47. The molecule has 1 aromatic carbocycles. The van der Waals surface area contributed by atoms with Crippen molar-refractivity contribution in [2.24, 2.45) is 0 Å². The van der Waals surface area contributed by atoms with Crippen molar-refractivity contribution in [1.82, 2.24) is 15.3 Å². The number of benzene rings is 1. The number of hydrogen-bond donors (Lipinski definition) is 2. The maximum absolute atomic E-state index is 4.28. The molecule has 2 N–H and O–H groups in total. The molecule has 2 aromatic rings. The number of anilines is 2. The van der Waals surface area contributed by atoms with Crippen LogP contribution in [-0.4, -0.2) is 16.5 Å². The van der Waals surface area contributed by atoms with Gasteiger partial charge in [-0.3, -0.25) is 0 Å². The van der Waals surface area contributed by atoms with Gasteiger partial charge in [-0.2, -0.15) is 0 Å². The van der Waals surface area contributed by atoms with Crippen molar-refractivity contribution in [3.8, 4) is 0 Å². The van der Waals surface area contributed by atoms with E-state index in [1.807, 2.05) is 12.4 Å². The van der Waals surface area contributed by atoms with Gasteiger partial charge in [-0.05, 0) is 52.7 Å². The Bertz CT molecular complexity index is 553. The van der Waals surface area contributed by atoms with Gasteiger partial charge in [-0.15, -0.1) is 0 Å². The molecular formula is C13H13IN4. The summed E-state index contributed by atoms with van der Waals surface area (Å²) in [5.74, 6) is 0.655. The monoisotopic (exact) mass is 352 g/mol. The zero-order valence-electron chi connectivity index (χ0n) is 9.78. The summed E-state index contributed by atoms with van der Waals surface area (Å²) in [6.07, 6.45) is 4.67. The van der Waals surface area contributed by atoms with E-state index in [4.69, 9.17) is 0 Å². The third-order valence-corrected chi connectivity index (χ3v) is 3.56. The summed E-state index contributed by atoms with van der Waals surface area (Å²) in [7, 11) is 0. The molecule has 2 heterocycles. The molecule has 0 radical (unpaired) electrons. The Hall–Kier alpha value is -1.21. The smallest absolute Gasteiger partial charge is 0.227 e. The molecule has 4 nitrogen and oxygen atoms in total. The van der Waals surface area contributed by atoms with Crippen molar-refractivity contribution >= 4 is 34.2 Å². The quantitative estimate of drug-likeness (QED) is 0.816. The number of nitrogens with zero attached hydrogens (tertiary/aromatic N) is 2. The largest absolute Gasteiger partial charge is 0.324 e. The Morgan fingerprint density at radius 3 is 2.89 bits per heavy atom. The van der Waals surface area contributed by atoms with Crippen LogP contribution in [-0.2, 0) is 13.0 Å². The molecule has 1 aliphatic heterocycles. The predicted molar refractivity (Wildman–Crippen MR) is 79.9 cm³/mol. The van der Waals surface area contributed by atoms with Crippen molar-refractivity contribution in [2.45, 2.75) is 13.0 Å².